The predicted molar refractivity (Wildman–Crippen MR) is 111 cm³/mol. The molecule has 0 aliphatic carbocycles. The summed E-state index contributed by atoms with van der Waals surface area (Å²) < 4.78 is 0. The molecule has 0 rings (SSSR count). The highest BCUT2D eigenvalue weighted by Gasteiger charge is 2.29. The van der Waals surface area contributed by atoms with Crippen LogP contribution in [0.5, 0.6) is 0 Å². The summed E-state index contributed by atoms with van der Waals surface area (Å²) in [5, 5.41) is 16.6. The molecule has 0 fully saturated rings. The van der Waals surface area contributed by atoms with E-state index in [1.165, 1.54) is 0 Å². The Labute approximate surface area is 175 Å². The molecular weight excluding hydrogens is 396 g/mol. The van der Waals surface area contributed by atoms with Crippen molar-refractivity contribution in [1.82, 2.24) is 16.0 Å². The Kier molecular flexibility index (Phi) is 14.3. The van der Waals surface area contributed by atoms with E-state index >= 15 is 0 Å². The van der Waals surface area contributed by atoms with Crippen LogP contribution in [0.2, 0.25) is 0 Å². The van der Waals surface area contributed by atoms with Crippen LogP contribution in [0.4, 0.5) is 0 Å². The summed E-state index contributed by atoms with van der Waals surface area (Å²) in [6.07, 6.45) is 1.00. The first-order chi connectivity index (χ1) is 14.2. The lowest BCUT2D eigenvalue weighted by Crippen LogP contribution is -2.57. The molecule has 0 aromatic heterocycles. The molecule has 0 saturated heterocycles. The number of rotatable bonds is 16. The molecule has 14 N–H and O–H groups in total. The first-order valence-electron chi connectivity index (χ1n) is 9.91. The van der Waals surface area contributed by atoms with Crippen LogP contribution in [-0.4, -0.2) is 79.1 Å². The van der Waals surface area contributed by atoms with Gasteiger partial charge in [0.2, 0.25) is 17.7 Å². The number of carbonyl (C=O) groups excluding carboxylic acids is 3. The fourth-order valence-corrected chi connectivity index (χ4v) is 2.58. The SMILES string of the molecule is NCCC[C@H](NC(=O)[C@@H](N)CCN)C(=O)N[C@@H](CCN)C(=O)N[C@@H](CCN)C(=O)O. The van der Waals surface area contributed by atoms with Gasteiger partial charge in [-0.3, -0.25) is 14.4 Å². The Morgan fingerprint density at radius 3 is 1.53 bits per heavy atom. The highest BCUT2D eigenvalue weighted by Crippen LogP contribution is 2.02. The molecule has 0 aliphatic rings. The minimum atomic E-state index is -1.24. The van der Waals surface area contributed by atoms with Crippen LogP contribution in [0.3, 0.4) is 0 Å². The summed E-state index contributed by atoms with van der Waals surface area (Å²) in [4.78, 5) is 48.6. The summed E-state index contributed by atoms with van der Waals surface area (Å²) in [7, 11) is 0. The molecule has 30 heavy (non-hydrogen) atoms. The number of carboxylic acids is 1. The van der Waals surface area contributed by atoms with Gasteiger partial charge in [0.05, 0.1) is 6.04 Å². The van der Waals surface area contributed by atoms with Crippen molar-refractivity contribution in [1.29, 1.82) is 0 Å². The number of hydrogen-bond acceptors (Lipinski definition) is 9. The van der Waals surface area contributed by atoms with E-state index in [1.807, 2.05) is 0 Å². The number of carboxylic acid groups (broad SMARTS) is 1. The highest BCUT2D eigenvalue weighted by molar-refractivity contribution is 5.94. The maximum Gasteiger partial charge on any atom is 0.326 e. The summed E-state index contributed by atoms with van der Waals surface area (Å²) >= 11 is 0. The Bertz CT molecular complexity index is 562. The van der Waals surface area contributed by atoms with Crippen molar-refractivity contribution in [2.75, 3.05) is 26.2 Å². The van der Waals surface area contributed by atoms with E-state index in [4.69, 9.17) is 33.8 Å². The maximum absolute atomic E-state index is 12.7. The average Bonchev–Trinajstić information content (AvgIpc) is 2.69. The Morgan fingerprint density at radius 1 is 0.633 bits per heavy atom. The highest BCUT2D eigenvalue weighted by atomic mass is 16.4. The fraction of sp³-hybridized carbons (Fsp3) is 0.765. The zero-order chi connectivity index (χ0) is 23.1. The smallest absolute Gasteiger partial charge is 0.326 e. The molecule has 0 radical (unpaired) electrons. The van der Waals surface area contributed by atoms with Crippen molar-refractivity contribution < 1.29 is 24.3 Å². The topological polar surface area (TPSA) is 255 Å². The van der Waals surface area contributed by atoms with Gasteiger partial charge >= 0.3 is 5.97 Å². The van der Waals surface area contributed by atoms with Crippen LogP contribution in [0, 0.1) is 0 Å². The molecule has 0 bridgehead atoms. The molecule has 174 valence electrons. The number of hydrogen-bond donors (Lipinski definition) is 9. The van der Waals surface area contributed by atoms with E-state index < -0.39 is 47.9 Å². The molecule has 3 amide bonds. The van der Waals surface area contributed by atoms with Gasteiger partial charge in [-0.1, -0.05) is 0 Å². The van der Waals surface area contributed by atoms with Crippen molar-refractivity contribution in [3.63, 3.8) is 0 Å². The third kappa shape index (κ3) is 10.5. The van der Waals surface area contributed by atoms with E-state index in [9.17, 15) is 19.2 Å². The van der Waals surface area contributed by atoms with Crippen molar-refractivity contribution in [3.8, 4) is 0 Å². The second-order valence-corrected chi connectivity index (χ2v) is 6.79. The standard InChI is InChI=1S/C17H36N8O5/c18-6-1-2-11(23-14(26)10(22)3-7-19)15(27)24-12(4-8-20)16(28)25-13(5-9-21)17(29)30/h10-13H,1-9,18-22H2,(H,23,26)(H,24,27)(H,25,28)(H,29,30)/t10-,11-,12-,13-/m0/s1. The zero-order valence-electron chi connectivity index (χ0n) is 17.1. The number of amides is 3. The van der Waals surface area contributed by atoms with Crippen LogP contribution < -0.4 is 44.6 Å². The van der Waals surface area contributed by atoms with Crippen LogP contribution in [0.1, 0.15) is 32.1 Å². The van der Waals surface area contributed by atoms with Gasteiger partial charge in [-0.05, 0) is 58.3 Å². The summed E-state index contributed by atoms with van der Waals surface area (Å²) in [6.45, 7) is 0.622. The molecule has 0 saturated carbocycles. The molecule has 0 spiro atoms. The van der Waals surface area contributed by atoms with Crippen LogP contribution in [-0.2, 0) is 19.2 Å². The summed E-state index contributed by atoms with van der Waals surface area (Å²) in [5.41, 5.74) is 27.5. The van der Waals surface area contributed by atoms with Crippen LogP contribution >= 0.6 is 0 Å². The van der Waals surface area contributed by atoms with Crippen LogP contribution in [0.15, 0.2) is 0 Å². The quantitative estimate of drug-likeness (QED) is 0.113. The molecule has 0 heterocycles. The van der Waals surface area contributed by atoms with Crippen molar-refractivity contribution in [3.05, 3.63) is 0 Å². The van der Waals surface area contributed by atoms with E-state index in [2.05, 4.69) is 16.0 Å². The molecule has 13 nitrogen and oxygen atoms in total. The van der Waals surface area contributed by atoms with Crippen LogP contribution in [0.25, 0.3) is 0 Å². The molecule has 0 aromatic rings. The number of aliphatic carboxylic acids is 1. The Hall–Kier alpha value is -2.32. The summed E-state index contributed by atoms with van der Waals surface area (Å²) in [6, 6.07) is -4.13. The third-order valence-electron chi connectivity index (χ3n) is 4.30. The van der Waals surface area contributed by atoms with E-state index in [0.29, 0.717) is 13.0 Å². The monoisotopic (exact) mass is 432 g/mol. The molecule has 0 aromatic carbocycles. The largest absolute Gasteiger partial charge is 0.480 e. The van der Waals surface area contributed by atoms with Gasteiger partial charge in [0, 0.05) is 0 Å². The van der Waals surface area contributed by atoms with Crippen molar-refractivity contribution in [2.24, 2.45) is 28.7 Å². The zero-order valence-corrected chi connectivity index (χ0v) is 17.1. The minimum absolute atomic E-state index is 0.0264. The van der Waals surface area contributed by atoms with Gasteiger partial charge in [-0.25, -0.2) is 4.79 Å². The second kappa shape index (κ2) is 15.5. The normalized spacial score (nSPS) is 14.8. The lowest BCUT2D eigenvalue weighted by atomic mass is 10.1. The fourth-order valence-electron chi connectivity index (χ4n) is 2.58. The summed E-state index contributed by atoms with van der Waals surface area (Å²) in [5.74, 6) is -3.13. The van der Waals surface area contributed by atoms with Gasteiger partial charge in [-0.2, -0.15) is 0 Å². The molecule has 13 heteroatoms. The van der Waals surface area contributed by atoms with Crippen molar-refractivity contribution in [2.45, 2.75) is 56.3 Å². The first-order valence-corrected chi connectivity index (χ1v) is 9.91. The minimum Gasteiger partial charge on any atom is -0.480 e. The first kappa shape index (κ1) is 27.7. The number of nitrogens with two attached hydrogens (primary N) is 5. The van der Waals surface area contributed by atoms with E-state index in [1.54, 1.807) is 0 Å². The average molecular weight is 433 g/mol. The Morgan fingerprint density at radius 2 is 1.07 bits per heavy atom. The molecular formula is C17H36N8O5. The molecule has 0 unspecified atom stereocenters. The molecule has 0 aliphatic heterocycles. The number of carbonyl (C=O) groups is 4. The predicted octanol–water partition coefficient (Wildman–Crippen LogP) is -4.36. The van der Waals surface area contributed by atoms with Gasteiger partial charge in [0.25, 0.3) is 0 Å². The molecule has 4 atom stereocenters. The van der Waals surface area contributed by atoms with Gasteiger partial charge in [0.15, 0.2) is 0 Å². The van der Waals surface area contributed by atoms with E-state index in [-0.39, 0.29) is 45.3 Å². The van der Waals surface area contributed by atoms with Crippen molar-refractivity contribution >= 4 is 23.7 Å². The maximum atomic E-state index is 12.7. The Balaban J connectivity index is 5.22. The lowest BCUT2D eigenvalue weighted by molar-refractivity contribution is -0.142. The third-order valence-corrected chi connectivity index (χ3v) is 4.30. The second-order valence-electron chi connectivity index (χ2n) is 6.79. The number of nitrogens with one attached hydrogen (secondary N) is 3. The van der Waals surface area contributed by atoms with Gasteiger partial charge in [0.1, 0.15) is 18.1 Å². The van der Waals surface area contributed by atoms with E-state index in [0.717, 1.165) is 0 Å². The van der Waals surface area contributed by atoms with Gasteiger partial charge in [-0.15, -0.1) is 0 Å². The lowest BCUT2D eigenvalue weighted by Gasteiger charge is -2.25. The van der Waals surface area contributed by atoms with Gasteiger partial charge < -0.3 is 49.7 Å².